The molecule has 0 aromatic carbocycles. The molecule has 0 aliphatic carbocycles. The van der Waals surface area contributed by atoms with E-state index in [1.54, 1.807) is 6.92 Å². The van der Waals surface area contributed by atoms with Crippen LogP contribution in [0.25, 0.3) is 0 Å². The predicted molar refractivity (Wildman–Crippen MR) is 70.3 cm³/mol. The van der Waals surface area contributed by atoms with E-state index in [9.17, 15) is 4.79 Å². The van der Waals surface area contributed by atoms with Crippen LogP contribution in [0.2, 0.25) is 0 Å². The van der Waals surface area contributed by atoms with Gasteiger partial charge in [0, 0.05) is 31.6 Å². The number of hydrogen-bond donors (Lipinski definition) is 2. The Morgan fingerprint density at radius 1 is 1.44 bits per heavy atom. The third-order valence-corrected chi connectivity index (χ3v) is 4.54. The molecule has 104 valence electrons. The fraction of sp³-hybridized carbons (Fsp3) is 0.923. The fourth-order valence-electron chi connectivity index (χ4n) is 3.51. The minimum Gasteiger partial charge on any atom is -0.395 e. The first-order chi connectivity index (χ1) is 8.55. The molecule has 5 nitrogen and oxygen atoms in total. The molecule has 0 radical (unpaired) electrons. The standard InChI is InChI=1S/C13H25N3O2/c1-11(18)14-12-9-13(15(2)10-12)3-5-16(6-4-13)7-8-17/h12,17H,3-10H2,1-2H3,(H,14,18)/t12-/m0/s1. The zero-order valence-corrected chi connectivity index (χ0v) is 11.5. The van der Waals surface area contributed by atoms with Crippen molar-refractivity contribution in [3.8, 4) is 0 Å². The van der Waals surface area contributed by atoms with Gasteiger partial charge in [-0.1, -0.05) is 0 Å². The van der Waals surface area contributed by atoms with Crippen molar-refractivity contribution in [2.75, 3.05) is 39.8 Å². The van der Waals surface area contributed by atoms with Crippen molar-refractivity contribution in [1.29, 1.82) is 0 Å². The first kappa shape index (κ1) is 13.8. The number of likely N-dealkylation sites (N-methyl/N-ethyl adjacent to an activating group) is 1. The van der Waals surface area contributed by atoms with E-state index in [1.165, 1.54) is 0 Å². The predicted octanol–water partition coefficient (Wildman–Crippen LogP) is -0.346. The second kappa shape index (κ2) is 5.55. The smallest absolute Gasteiger partial charge is 0.217 e. The molecule has 0 saturated carbocycles. The van der Waals surface area contributed by atoms with Gasteiger partial charge in [-0.15, -0.1) is 0 Å². The maximum absolute atomic E-state index is 11.1. The fourth-order valence-corrected chi connectivity index (χ4v) is 3.51. The van der Waals surface area contributed by atoms with Crippen molar-refractivity contribution >= 4 is 5.91 Å². The van der Waals surface area contributed by atoms with Crippen molar-refractivity contribution in [3.63, 3.8) is 0 Å². The lowest BCUT2D eigenvalue weighted by molar-refractivity contribution is -0.119. The topological polar surface area (TPSA) is 55.8 Å². The Kier molecular flexibility index (Phi) is 4.25. The van der Waals surface area contributed by atoms with Gasteiger partial charge in [-0.05, 0) is 39.4 Å². The number of carbonyl (C=O) groups is 1. The van der Waals surface area contributed by atoms with Crippen molar-refractivity contribution in [3.05, 3.63) is 0 Å². The van der Waals surface area contributed by atoms with Crippen LogP contribution in [0.5, 0.6) is 0 Å². The van der Waals surface area contributed by atoms with Crippen molar-refractivity contribution in [1.82, 2.24) is 15.1 Å². The Bertz CT molecular complexity index is 301. The van der Waals surface area contributed by atoms with Crippen LogP contribution in [0.3, 0.4) is 0 Å². The summed E-state index contributed by atoms with van der Waals surface area (Å²) in [4.78, 5) is 15.9. The van der Waals surface area contributed by atoms with E-state index in [0.717, 1.165) is 45.4 Å². The summed E-state index contributed by atoms with van der Waals surface area (Å²) in [6, 6.07) is 0.303. The average molecular weight is 255 g/mol. The van der Waals surface area contributed by atoms with Crippen molar-refractivity contribution in [2.24, 2.45) is 0 Å². The molecule has 1 amide bonds. The molecule has 2 aliphatic heterocycles. The molecule has 0 aromatic rings. The van der Waals surface area contributed by atoms with Crippen LogP contribution in [0, 0.1) is 0 Å². The van der Waals surface area contributed by atoms with Crippen LogP contribution in [0.1, 0.15) is 26.2 Å². The van der Waals surface area contributed by atoms with E-state index in [4.69, 9.17) is 5.11 Å². The molecular weight excluding hydrogens is 230 g/mol. The summed E-state index contributed by atoms with van der Waals surface area (Å²) in [6.45, 7) is 5.69. The quantitative estimate of drug-likeness (QED) is 0.724. The van der Waals surface area contributed by atoms with Gasteiger partial charge >= 0.3 is 0 Å². The number of β-amino-alcohol motifs (C(OH)–C–C–N with tert-alkyl or cyclic N) is 1. The summed E-state index contributed by atoms with van der Waals surface area (Å²) in [7, 11) is 2.17. The van der Waals surface area contributed by atoms with Gasteiger partial charge in [-0.3, -0.25) is 9.69 Å². The van der Waals surface area contributed by atoms with Gasteiger partial charge in [0.1, 0.15) is 0 Å². The third-order valence-electron chi connectivity index (χ3n) is 4.54. The molecule has 18 heavy (non-hydrogen) atoms. The van der Waals surface area contributed by atoms with Gasteiger partial charge in [-0.2, -0.15) is 0 Å². The molecule has 2 saturated heterocycles. The van der Waals surface area contributed by atoms with Crippen molar-refractivity contribution < 1.29 is 9.90 Å². The summed E-state index contributed by atoms with van der Waals surface area (Å²) in [5, 5.41) is 12.0. The first-order valence-electron chi connectivity index (χ1n) is 6.87. The summed E-state index contributed by atoms with van der Waals surface area (Å²) in [6.07, 6.45) is 3.34. The van der Waals surface area contributed by atoms with Gasteiger partial charge in [0.15, 0.2) is 0 Å². The third kappa shape index (κ3) is 2.84. The highest BCUT2D eigenvalue weighted by molar-refractivity contribution is 5.73. The second-order valence-electron chi connectivity index (χ2n) is 5.77. The van der Waals surface area contributed by atoms with Crippen LogP contribution < -0.4 is 5.32 Å². The lowest BCUT2D eigenvalue weighted by Gasteiger charge is -2.43. The van der Waals surface area contributed by atoms with E-state index < -0.39 is 0 Å². The Morgan fingerprint density at radius 2 is 2.11 bits per heavy atom. The highest BCUT2D eigenvalue weighted by atomic mass is 16.3. The Hall–Kier alpha value is -0.650. The Labute approximate surface area is 109 Å². The molecule has 0 bridgehead atoms. The van der Waals surface area contributed by atoms with E-state index in [0.29, 0.717) is 6.04 Å². The zero-order valence-electron chi connectivity index (χ0n) is 11.5. The molecule has 2 aliphatic rings. The van der Waals surface area contributed by atoms with Gasteiger partial charge in [0.25, 0.3) is 0 Å². The van der Waals surface area contributed by atoms with Crippen LogP contribution in [-0.2, 0) is 4.79 Å². The molecule has 2 fully saturated rings. The Balaban J connectivity index is 1.91. The summed E-state index contributed by atoms with van der Waals surface area (Å²) in [5.41, 5.74) is 0.263. The lowest BCUT2D eigenvalue weighted by atomic mass is 9.84. The highest BCUT2D eigenvalue weighted by Crippen LogP contribution is 2.37. The van der Waals surface area contributed by atoms with Crippen LogP contribution >= 0.6 is 0 Å². The minimum absolute atomic E-state index is 0.0724. The monoisotopic (exact) mass is 255 g/mol. The first-order valence-corrected chi connectivity index (χ1v) is 6.87. The van der Waals surface area contributed by atoms with E-state index in [-0.39, 0.29) is 18.1 Å². The Morgan fingerprint density at radius 3 is 2.67 bits per heavy atom. The molecule has 2 heterocycles. The van der Waals surface area contributed by atoms with E-state index >= 15 is 0 Å². The largest absolute Gasteiger partial charge is 0.395 e. The summed E-state index contributed by atoms with van der Waals surface area (Å²) >= 11 is 0. The van der Waals surface area contributed by atoms with Gasteiger partial charge in [0.2, 0.25) is 5.91 Å². The molecule has 2 rings (SSSR count). The average Bonchev–Trinajstić information content (AvgIpc) is 2.58. The zero-order chi connectivity index (χ0) is 13.2. The minimum atomic E-state index is 0.0724. The number of likely N-dealkylation sites (tertiary alicyclic amines) is 2. The number of aliphatic hydroxyl groups is 1. The van der Waals surface area contributed by atoms with Gasteiger partial charge < -0.3 is 15.3 Å². The summed E-state index contributed by atoms with van der Waals surface area (Å²) in [5.74, 6) is 0.0724. The maximum Gasteiger partial charge on any atom is 0.217 e. The molecule has 0 aromatic heterocycles. The van der Waals surface area contributed by atoms with Crippen LogP contribution in [0.15, 0.2) is 0 Å². The SMILES string of the molecule is CC(=O)N[C@@H]1CN(C)C2(CCN(CCO)CC2)C1. The molecular formula is C13H25N3O2. The van der Waals surface area contributed by atoms with Crippen molar-refractivity contribution in [2.45, 2.75) is 37.8 Å². The number of piperidine rings is 1. The molecule has 1 spiro atoms. The number of aliphatic hydroxyl groups excluding tert-OH is 1. The number of hydrogen-bond acceptors (Lipinski definition) is 4. The maximum atomic E-state index is 11.1. The van der Waals surface area contributed by atoms with Crippen LogP contribution in [-0.4, -0.2) is 72.2 Å². The molecule has 1 atom stereocenters. The lowest BCUT2D eigenvalue weighted by Crippen LogP contribution is -2.51. The van der Waals surface area contributed by atoms with E-state index in [1.807, 2.05) is 0 Å². The number of nitrogens with one attached hydrogen (secondary N) is 1. The molecule has 5 heteroatoms. The number of amides is 1. The second-order valence-corrected chi connectivity index (χ2v) is 5.77. The number of nitrogens with zero attached hydrogens (tertiary/aromatic N) is 2. The molecule has 0 unspecified atom stereocenters. The number of rotatable bonds is 3. The normalized spacial score (nSPS) is 28.7. The van der Waals surface area contributed by atoms with Crippen LogP contribution in [0.4, 0.5) is 0 Å². The van der Waals surface area contributed by atoms with E-state index in [2.05, 4.69) is 22.2 Å². The molecule has 2 N–H and O–H groups in total. The van der Waals surface area contributed by atoms with Gasteiger partial charge in [0.05, 0.1) is 6.61 Å². The summed E-state index contributed by atoms with van der Waals surface area (Å²) < 4.78 is 0. The highest BCUT2D eigenvalue weighted by Gasteiger charge is 2.45. The number of carbonyl (C=O) groups excluding carboxylic acids is 1. The van der Waals surface area contributed by atoms with Gasteiger partial charge in [-0.25, -0.2) is 0 Å².